The molecule has 0 aliphatic heterocycles. The average Bonchev–Trinajstić information content (AvgIpc) is 2.53. The fraction of sp³-hybridized carbons (Fsp3) is 0.118. The largest absolute Gasteiger partial charge is 0.457 e. The highest BCUT2D eigenvalue weighted by atomic mass is 27.0. The van der Waals surface area contributed by atoms with E-state index in [1.807, 2.05) is 30.3 Å². The lowest BCUT2D eigenvalue weighted by Crippen LogP contribution is -2.14. The highest BCUT2D eigenvalue weighted by Gasteiger charge is 2.22. The molecule has 2 aromatic carbocycles. The number of ether oxygens (including phenoxy) is 1. The Hall–Kier alpha value is -2.24. The van der Waals surface area contributed by atoms with Crippen LogP contribution in [0.15, 0.2) is 54.6 Å². The minimum Gasteiger partial charge on any atom is -0.457 e. The van der Waals surface area contributed by atoms with Gasteiger partial charge in [-0.3, -0.25) is 0 Å². The molecule has 5 heteroatoms. The number of hydrogen-bond acceptors (Lipinski definition) is 4. The van der Waals surface area contributed by atoms with Gasteiger partial charge in [-0.1, -0.05) is 30.3 Å². The van der Waals surface area contributed by atoms with Crippen LogP contribution >= 0.6 is 0 Å². The highest BCUT2D eigenvalue weighted by Crippen LogP contribution is 2.27. The number of para-hydroxylation sites is 1. The summed E-state index contributed by atoms with van der Waals surface area (Å²) in [5.74, 6) is 2.15. The van der Waals surface area contributed by atoms with Gasteiger partial charge < -0.3 is 9.62 Å². The summed E-state index contributed by atoms with van der Waals surface area (Å²) in [6.07, 6.45) is 5.38. The van der Waals surface area contributed by atoms with Gasteiger partial charge >= 0.3 is 5.97 Å². The van der Waals surface area contributed by atoms with Crippen LogP contribution in [0.4, 0.5) is 0 Å². The lowest BCUT2D eigenvalue weighted by atomic mass is 9.96. The van der Waals surface area contributed by atoms with E-state index in [-0.39, 0.29) is 23.8 Å². The van der Waals surface area contributed by atoms with Crippen LogP contribution in [0.2, 0.25) is 0 Å². The van der Waals surface area contributed by atoms with Crippen molar-refractivity contribution in [2.75, 3.05) is 0 Å². The molecule has 1 unspecified atom stereocenters. The molecule has 0 saturated heterocycles. The number of hydrogen-bond donors (Lipinski definition) is 1. The first-order valence-electron chi connectivity index (χ1n) is 6.36. The van der Waals surface area contributed by atoms with Crippen molar-refractivity contribution in [1.82, 2.24) is 0 Å². The van der Waals surface area contributed by atoms with Crippen molar-refractivity contribution >= 4 is 23.3 Å². The number of benzene rings is 2. The van der Waals surface area contributed by atoms with Gasteiger partial charge in [0.25, 0.3) is 0 Å². The van der Waals surface area contributed by atoms with Crippen molar-refractivity contribution in [3.8, 4) is 23.8 Å². The molecule has 0 aromatic heterocycles. The molecule has 0 spiro atoms. The topological polar surface area (TPSA) is 55.8 Å². The third kappa shape index (κ3) is 4.65. The zero-order valence-corrected chi connectivity index (χ0v) is 11.2. The van der Waals surface area contributed by atoms with Gasteiger partial charge in [0, 0.05) is 6.42 Å². The van der Waals surface area contributed by atoms with E-state index in [2.05, 4.69) is 10.8 Å². The Morgan fingerprint density at radius 2 is 1.82 bits per heavy atom. The summed E-state index contributed by atoms with van der Waals surface area (Å²) in [7, 11) is 0. The monoisotopic (exact) mass is 312 g/mol. The molecule has 2 aromatic rings. The molecule has 2 rings (SSSR count). The van der Waals surface area contributed by atoms with E-state index in [4.69, 9.17) is 16.4 Å². The smallest absolute Gasteiger partial charge is 0.350 e. The van der Waals surface area contributed by atoms with Crippen LogP contribution in [0.25, 0.3) is 0 Å². The highest BCUT2D eigenvalue weighted by molar-refractivity contribution is 5.78. The Morgan fingerprint density at radius 1 is 1.14 bits per heavy atom. The van der Waals surface area contributed by atoms with Gasteiger partial charge in [-0.25, -0.2) is 4.79 Å². The molecule has 0 aliphatic rings. The standard InChI is InChI=1S/C17H14O4.Al.3H/c1-2-7-16(17(18)21-19)13-8-6-11-15(12-13)20-14-9-4-3-5-10-14;;;;/h1,3-6,8-12,16,19H,7H2;;;;. The van der Waals surface area contributed by atoms with E-state index in [1.165, 1.54) is 0 Å². The fourth-order valence-electron chi connectivity index (χ4n) is 1.94. The van der Waals surface area contributed by atoms with E-state index in [0.29, 0.717) is 17.1 Å². The van der Waals surface area contributed by atoms with E-state index in [0.717, 1.165) is 0 Å². The van der Waals surface area contributed by atoms with E-state index < -0.39 is 11.9 Å². The second kappa shape index (κ2) is 8.92. The van der Waals surface area contributed by atoms with Crippen molar-refractivity contribution in [3.05, 3.63) is 60.2 Å². The molecule has 0 heterocycles. The molecule has 1 atom stereocenters. The van der Waals surface area contributed by atoms with Gasteiger partial charge in [-0.05, 0) is 29.8 Å². The summed E-state index contributed by atoms with van der Waals surface area (Å²) in [5, 5.41) is 8.55. The maximum atomic E-state index is 11.6. The molecule has 112 valence electrons. The van der Waals surface area contributed by atoms with Crippen LogP contribution in [0.5, 0.6) is 11.5 Å². The predicted octanol–water partition coefficient (Wildman–Crippen LogP) is 2.42. The molecule has 22 heavy (non-hydrogen) atoms. The Bertz CT molecular complexity index is 649. The van der Waals surface area contributed by atoms with Gasteiger partial charge in [0.2, 0.25) is 0 Å². The third-order valence-electron chi connectivity index (χ3n) is 2.94. The molecule has 0 saturated carbocycles. The summed E-state index contributed by atoms with van der Waals surface area (Å²) in [5.41, 5.74) is 0.625. The first-order valence-corrected chi connectivity index (χ1v) is 6.36. The van der Waals surface area contributed by atoms with Crippen molar-refractivity contribution in [2.45, 2.75) is 12.3 Å². The van der Waals surface area contributed by atoms with Gasteiger partial charge in [0.15, 0.2) is 17.4 Å². The quantitative estimate of drug-likeness (QED) is 0.399. The second-order valence-electron chi connectivity index (χ2n) is 4.36. The van der Waals surface area contributed by atoms with Crippen molar-refractivity contribution in [1.29, 1.82) is 0 Å². The number of rotatable bonds is 5. The van der Waals surface area contributed by atoms with Gasteiger partial charge in [-0.2, -0.15) is 5.26 Å². The zero-order chi connectivity index (χ0) is 15.1. The summed E-state index contributed by atoms with van der Waals surface area (Å²) in [4.78, 5) is 15.4. The third-order valence-corrected chi connectivity index (χ3v) is 2.94. The van der Waals surface area contributed by atoms with Gasteiger partial charge in [-0.15, -0.1) is 12.3 Å². The van der Waals surface area contributed by atoms with Gasteiger partial charge in [0.1, 0.15) is 11.5 Å². The molecule has 0 radical (unpaired) electrons. The predicted molar refractivity (Wildman–Crippen MR) is 87.8 cm³/mol. The van der Waals surface area contributed by atoms with Crippen molar-refractivity contribution in [2.24, 2.45) is 0 Å². The summed E-state index contributed by atoms with van der Waals surface area (Å²) in [6, 6.07) is 16.2. The SMILES string of the molecule is C#CCC(C(=O)OO)c1cccc(Oc2ccccc2)c1.[AlH3]. The second-order valence-corrected chi connectivity index (χ2v) is 4.36. The summed E-state index contributed by atoms with van der Waals surface area (Å²) < 4.78 is 5.69. The molecular formula is C17H17AlO4. The maximum absolute atomic E-state index is 11.6. The Kier molecular flexibility index (Phi) is 7.22. The van der Waals surface area contributed by atoms with Crippen LogP contribution in [-0.2, 0) is 9.68 Å². The first kappa shape index (κ1) is 17.8. The summed E-state index contributed by atoms with van der Waals surface area (Å²) in [6.45, 7) is 0. The van der Waals surface area contributed by atoms with Crippen LogP contribution < -0.4 is 4.74 Å². The normalized spacial score (nSPS) is 10.7. The molecule has 4 nitrogen and oxygen atoms in total. The van der Waals surface area contributed by atoms with E-state index in [9.17, 15) is 4.79 Å². The Labute approximate surface area is 139 Å². The summed E-state index contributed by atoms with van der Waals surface area (Å²) >= 11 is 0. The van der Waals surface area contributed by atoms with Crippen molar-refractivity contribution in [3.63, 3.8) is 0 Å². The Balaban J connectivity index is 0.00000242. The molecule has 0 bridgehead atoms. The van der Waals surface area contributed by atoms with E-state index >= 15 is 0 Å². The molecular weight excluding hydrogens is 295 g/mol. The number of terminal acetylenes is 1. The van der Waals surface area contributed by atoms with Crippen LogP contribution in [0.3, 0.4) is 0 Å². The number of carbonyl (C=O) groups is 1. The van der Waals surface area contributed by atoms with Gasteiger partial charge in [0.05, 0.1) is 5.92 Å². The zero-order valence-electron chi connectivity index (χ0n) is 11.2. The van der Waals surface area contributed by atoms with Crippen LogP contribution in [0, 0.1) is 12.3 Å². The average molecular weight is 312 g/mol. The first-order chi connectivity index (χ1) is 10.2. The lowest BCUT2D eigenvalue weighted by molar-refractivity contribution is -0.236. The van der Waals surface area contributed by atoms with Crippen LogP contribution in [0.1, 0.15) is 17.9 Å². The number of carbonyl (C=O) groups excluding carboxylic acids is 1. The van der Waals surface area contributed by atoms with Crippen LogP contribution in [-0.4, -0.2) is 28.6 Å². The minimum atomic E-state index is -0.787. The fourth-order valence-corrected chi connectivity index (χ4v) is 1.94. The lowest BCUT2D eigenvalue weighted by Gasteiger charge is -2.12. The Morgan fingerprint density at radius 3 is 2.45 bits per heavy atom. The molecule has 1 N–H and O–H groups in total. The van der Waals surface area contributed by atoms with E-state index in [1.54, 1.807) is 24.3 Å². The van der Waals surface area contributed by atoms with Crippen molar-refractivity contribution < 1.29 is 19.7 Å². The minimum absolute atomic E-state index is 0. The molecule has 0 aliphatic carbocycles. The maximum Gasteiger partial charge on any atom is 0.350 e. The molecule has 0 amide bonds. The molecule has 0 fully saturated rings.